The number of nitriles is 1. The highest BCUT2D eigenvalue weighted by atomic mass is 35.5. The van der Waals surface area contributed by atoms with Gasteiger partial charge in [0.05, 0.1) is 10.6 Å². The van der Waals surface area contributed by atoms with Gasteiger partial charge in [0, 0.05) is 19.3 Å². The third-order valence-electron chi connectivity index (χ3n) is 2.43. The van der Waals surface area contributed by atoms with Crippen LogP contribution in [0.15, 0.2) is 18.2 Å². The first kappa shape index (κ1) is 12.8. The van der Waals surface area contributed by atoms with Crippen LogP contribution in [0, 0.1) is 11.3 Å². The van der Waals surface area contributed by atoms with Gasteiger partial charge in [0.15, 0.2) is 0 Å². The molecular formula is C12H16ClN3. The molecule has 0 aliphatic carbocycles. The maximum atomic E-state index is 8.76. The van der Waals surface area contributed by atoms with Gasteiger partial charge in [-0.25, -0.2) is 0 Å². The Bertz CT molecular complexity index is 384. The molecule has 0 heterocycles. The van der Waals surface area contributed by atoms with Crippen LogP contribution in [0.1, 0.15) is 12.0 Å². The first-order valence-electron chi connectivity index (χ1n) is 5.24. The maximum absolute atomic E-state index is 8.76. The standard InChI is InChI=1S/C12H16ClN3/c1-15-6-3-7-16(2)11-5-4-10(9-14)12(13)8-11/h4-5,8,15H,3,6-7H2,1-2H3. The first-order chi connectivity index (χ1) is 7.69. The van der Waals surface area contributed by atoms with E-state index in [9.17, 15) is 0 Å². The van der Waals surface area contributed by atoms with Crippen LogP contribution in [0.25, 0.3) is 0 Å². The summed E-state index contributed by atoms with van der Waals surface area (Å²) in [5.41, 5.74) is 1.56. The minimum Gasteiger partial charge on any atom is -0.375 e. The zero-order valence-corrected chi connectivity index (χ0v) is 10.4. The highest BCUT2D eigenvalue weighted by Crippen LogP contribution is 2.22. The third-order valence-corrected chi connectivity index (χ3v) is 2.75. The molecule has 1 N–H and O–H groups in total. The Labute approximate surface area is 102 Å². The van der Waals surface area contributed by atoms with E-state index in [0.29, 0.717) is 10.6 Å². The maximum Gasteiger partial charge on any atom is 0.101 e. The summed E-state index contributed by atoms with van der Waals surface area (Å²) < 4.78 is 0. The average molecular weight is 238 g/mol. The fourth-order valence-corrected chi connectivity index (χ4v) is 1.67. The number of benzene rings is 1. The minimum absolute atomic E-state index is 0.514. The van der Waals surface area contributed by atoms with Crippen LogP contribution in [-0.4, -0.2) is 27.2 Å². The molecule has 0 aliphatic heterocycles. The second-order valence-electron chi connectivity index (χ2n) is 3.65. The molecule has 0 spiro atoms. The molecular weight excluding hydrogens is 222 g/mol. The lowest BCUT2D eigenvalue weighted by Gasteiger charge is -2.19. The molecule has 0 atom stereocenters. The highest BCUT2D eigenvalue weighted by molar-refractivity contribution is 6.32. The van der Waals surface area contributed by atoms with Crippen LogP contribution in [0.5, 0.6) is 0 Å². The summed E-state index contributed by atoms with van der Waals surface area (Å²) in [5, 5.41) is 12.4. The molecule has 86 valence electrons. The van der Waals surface area contributed by atoms with Gasteiger partial charge in [-0.1, -0.05) is 11.6 Å². The fraction of sp³-hybridized carbons (Fsp3) is 0.417. The van der Waals surface area contributed by atoms with Crippen molar-refractivity contribution < 1.29 is 0 Å². The predicted octanol–water partition coefficient (Wildman–Crippen LogP) is 2.26. The second kappa shape index (κ2) is 6.37. The summed E-state index contributed by atoms with van der Waals surface area (Å²) >= 11 is 5.97. The Hall–Kier alpha value is -1.24. The molecule has 0 saturated heterocycles. The summed E-state index contributed by atoms with van der Waals surface area (Å²) in [4.78, 5) is 2.13. The van der Waals surface area contributed by atoms with Crippen LogP contribution < -0.4 is 10.2 Å². The number of nitrogens with zero attached hydrogens (tertiary/aromatic N) is 2. The molecule has 0 aliphatic rings. The van der Waals surface area contributed by atoms with Gasteiger partial charge in [0.1, 0.15) is 6.07 Å². The van der Waals surface area contributed by atoms with E-state index in [-0.39, 0.29) is 0 Å². The number of hydrogen-bond acceptors (Lipinski definition) is 3. The molecule has 0 saturated carbocycles. The van der Waals surface area contributed by atoms with Crippen molar-refractivity contribution in [2.75, 3.05) is 32.1 Å². The van der Waals surface area contributed by atoms with E-state index in [0.717, 1.165) is 25.2 Å². The van der Waals surface area contributed by atoms with E-state index in [1.54, 1.807) is 6.07 Å². The molecule has 0 fully saturated rings. The zero-order chi connectivity index (χ0) is 12.0. The van der Waals surface area contributed by atoms with Crippen LogP contribution >= 0.6 is 11.6 Å². The van der Waals surface area contributed by atoms with Crippen molar-refractivity contribution in [2.45, 2.75) is 6.42 Å². The van der Waals surface area contributed by atoms with Gasteiger partial charge >= 0.3 is 0 Å². The zero-order valence-electron chi connectivity index (χ0n) is 9.63. The van der Waals surface area contributed by atoms with Gasteiger partial charge in [-0.05, 0) is 38.2 Å². The predicted molar refractivity (Wildman–Crippen MR) is 68.0 cm³/mol. The third kappa shape index (κ3) is 3.41. The normalized spacial score (nSPS) is 9.88. The molecule has 0 bridgehead atoms. The summed E-state index contributed by atoms with van der Waals surface area (Å²) in [6.07, 6.45) is 1.07. The van der Waals surface area contributed by atoms with Gasteiger partial charge in [0.2, 0.25) is 0 Å². The molecule has 0 radical (unpaired) electrons. The van der Waals surface area contributed by atoms with Gasteiger partial charge in [-0.2, -0.15) is 5.26 Å². The molecule has 3 nitrogen and oxygen atoms in total. The SMILES string of the molecule is CNCCCN(C)c1ccc(C#N)c(Cl)c1. The topological polar surface area (TPSA) is 39.1 Å². The molecule has 1 rings (SSSR count). The Balaban J connectivity index is 2.66. The highest BCUT2D eigenvalue weighted by Gasteiger charge is 2.04. The second-order valence-corrected chi connectivity index (χ2v) is 4.06. The summed E-state index contributed by atoms with van der Waals surface area (Å²) in [7, 11) is 3.96. The van der Waals surface area contributed by atoms with Gasteiger partial charge in [0.25, 0.3) is 0 Å². The lowest BCUT2D eigenvalue weighted by atomic mass is 10.2. The smallest absolute Gasteiger partial charge is 0.101 e. The van der Waals surface area contributed by atoms with Crippen LogP contribution in [0.3, 0.4) is 0 Å². The number of nitrogens with one attached hydrogen (secondary N) is 1. The van der Waals surface area contributed by atoms with Crippen molar-refractivity contribution in [1.29, 1.82) is 5.26 Å². The molecule has 1 aromatic carbocycles. The Morgan fingerprint density at radius 2 is 2.25 bits per heavy atom. The molecule has 0 unspecified atom stereocenters. The van der Waals surface area contributed by atoms with Gasteiger partial charge < -0.3 is 10.2 Å². The van der Waals surface area contributed by atoms with E-state index >= 15 is 0 Å². The Morgan fingerprint density at radius 1 is 1.50 bits per heavy atom. The van der Waals surface area contributed by atoms with Crippen LogP contribution in [0.4, 0.5) is 5.69 Å². The van der Waals surface area contributed by atoms with Crippen molar-refractivity contribution in [3.05, 3.63) is 28.8 Å². The Morgan fingerprint density at radius 3 is 2.81 bits per heavy atom. The van der Waals surface area contributed by atoms with E-state index in [1.807, 2.05) is 26.2 Å². The van der Waals surface area contributed by atoms with Gasteiger partial charge in [-0.3, -0.25) is 0 Å². The van der Waals surface area contributed by atoms with Gasteiger partial charge in [-0.15, -0.1) is 0 Å². The number of halogens is 1. The molecule has 4 heteroatoms. The van der Waals surface area contributed by atoms with E-state index < -0.39 is 0 Å². The van der Waals surface area contributed by atoms with Crippen molar-refractivity contribution in [1.82, 2.24) is 5.32 Å². The summed E-state index contributed by atoms with van der Waals surface area (Å²) in [5.74, 6) is 0. The number of hydrogen-bond donors (Lipinski definition) is 1. The largest absolute Gasteiger partial charge is 0.375 e. The number of anilines is 1. The van der Waals surface area contributed by atoms with E-state index in [1.165, 1.54) is 0 Å². The van der Waals surface area contributed by atoms with Crippen molar-refractivity contribution >= 4 is 17.3 Å². The number of rotatable bonds is 5. The van der Waals surface area contributed by atoms with Crippen LogP contribution in [-0.2, 0) is 0 Å². The minimum atomic E-state index is 0.514. The molecule has 0 aromatic heterocycles. The van der Waals surface area contributed by atoms with Crippen molar-refractivity contribution in [2.24, 2.45) is 0 Å². The lowest BCUT2D eigenvalue weighted by Crippen LogP contribution is -2.22. The lowest BCUT2D eigenvalue weighted by molar-refractivity contribution is 0.713. The average Bonchev–Trinajstić information content (AvgIpc) is 2.29. The summed E-state index contributed by atoms with van der Waals surface area (Å²) in [6.45, 7) is 1.96. The Kier molecular flexibility index (Phi) is 5.10. The molecule has 1 aromatic rings. The monoisotopic (exact) mass is 237 g/mol. The van der Waals surface area contributed by atoms with Crippen LogP contribution in [0.2, 0.25) is 5.02 Å². The quantitative estimate of drug-likeness (QED) is 0.799. The van der Waals surface area contributed by atoms with E-state index in [4.69, 9.17) is 16.9 Å². The van der Waals surface area contributed by atoms with E-state index in [2.05, 4.69) is 16.3 Å². The van der Waals surface area contributed by atoms with Crippen molar-refractivity contribution in [3.63, 3.8) is 0 Å². The molecule has 0 amide bonds. The summed E-state index contributed by atoms with van der Waals surface area (Å²) in [6, 6.07) is 7.56. The van der Waals surface area contributed by atoms with Crippen molar-refractivity contribution in [3.8, 4) is 6.07 Å². The first-order valence-corrected chi connectivity index (χ1v) is 5.62. The fourth-order valence-electron chi connectivity index (χ4n) is 1.45. The molecule has 16 heavy (non-hydrogen) atoms.